The van der Waals surface area contributed by atoms with Crippen molar-refractivity contribution in [1.29, 1.82) is 0 Å². The summed E-state index contributed by atoms with van der Waals surface area (Å²) >= 11 is 0. The minimum Gasteiger partial charge on any atom is -0.308 e. The summed E-state index contributed by atoms with van der Waals surface area (Å²) in [5.41, 5.74) is 2.12. The Morgan fingerprint density at radius 1 is 1.57 bits per heavy atom. The van der Waals surface area contributed by atoms with Crippen molar-refractivity contribution in [3.63, 3.8) is 0 Å². The van der Waals surface area contributed by atoms with Gasteiger partial charge in [-0.15, -0.1) is 6.58 Å². The molecule has 0 bridgehead atoms. The Bertz CT molecular complexity index is 370. The Morgan fingerprint density at radius 3 is 3.21 bits per heavy atom. The summed E-state index contributed by atoms with van der Waals surface area (Å²) in [6.07, 6.45) is 3.17. The zero-order valence-corrected chi connectivity index (χ0v) is 7.99. The van der Waals surface area contributed by atoms with Gasteiger partial charge in [0.05, 0.1) is 5.69 Å². The van der Waals surface area contributed by atoms with Gasteiger partial charge in [-0.2, -0.15) is 0 Å². The topological polar surface area (TPSA) is 20.3 Å². The predicted molar refractivity (Wildman–Crippen MR) is 56.1 cm³/mol. The van der Waals surface area contributed by atoms with Gasteiger partial charge in [0.15, 0.2) is 0 Å². The fourth-order valence-electron chi connectivity index (χ4n) is 1.74. The molecule has 1 aromatic carbocycles. The number of benzene rings is 1. The van der Waals surface area contributed by atoms with Crippen LogP contribution < -0.4 is 4.90 Å². The molecule has 0 saturated carbocycles. The Kier molecular flexibility index (Phi) is 2.35. The molecule has 0 N–H and O–H groups in total. The number of hydrogen-bond donors (Lipinski definition) is 0. The SMILES string of the molecule is C=CCN1C(=O)CCc2ccc[c]c21. The van der Waals surface area contributed by atoms with Gasteiger partial charge in [-0.3, -0.25) is 4.79 Å². The van der Waals surface area contributed by atoms with E-state index in [9.17, 15) is 4.79 Å². The summed E-state index contributed by atoms with van der Waals surface area (Å²) < 4.78 is 0. The van der Waals surface area contributed by atoms with Crippen molar-refractivity contribution in [1.82, 2.24) is 0 Å². The number of para-hydroxylation sites is 1. The van der Waals surface area contributed by atoms with Gasteiger partial charge in [0.25, 0.3) is 0 Å². The fourth-order valence-corrected chi connectivity index (χ4v) is 1.74. The number of hydrogen-bond acceptors (Lipinski definition) is 1. The zero-order chi connectivity index (χ0) is 9.97. The normalized spacial score (nSPS) is 15.1. The highest BCUT2D eigenvalue weighted by molar-refractivity contribution is 5.96. The molecule has 14 heavy (non-hydrogen) atoms. The lowest BCUT2D eigenvalue weighted by molar-refractivity contribution is -0.118. The van der Waals surface area contributed by atoms with E-state index in [1.807, 2.05) is 18.2 Å². The maximum Gasteiger partial charge on any atom is 0.227 e. The summed E-state index contributed by atoms with van der Waals surface area (Å²) in [7, 11) is 0. The fraction of sp³-hybridized carbons (Fsp3) is 0.250. The van der Waals surface area contributed by atoms with Crippen LogP contribution in [0.15, 0.2) is 30.9 Å². The van der Waals surface area contributed by atoms with Crippen LogP contribution in [0.5, 0.6) is 0 Å². The molecular weight excluding hydrogens is 174 g/mol. The molecule has 1 aliphatic heterocycles. The van der Waals surface area contributed by atoms with Crippen molar-refractivity contribution >= 4 is 11.6 Å². The molecule has 2 nitrogen and oxygen atoms in total. The van der Waals surface area contributed by atoms with Gasteiger partial charge in [-0.05, 0) is 12.0 Å². The molecular formula is C12H12NO. The van der Waals surface area contributed by atoms with Crippen molar-refractivity contribution in [3.05, 3.63) is 42.5 Å². The number of nitrogens with zero attached hydrogens (tertiary/aromatic N) is 1. The van der Waals surface area contributed by atoms with E-state index in [0.717, 1.165) is 12.1 Å². The van der Waals surface area contributed by atoms with Crippen LogP contribution in [0.1, 0.15) is 12.0 Å². The highest BCUT2D eigenvalue weighted by atomic mass is 16.2. The third kappa shape index (κ3) is 1.43. The molecule has 1 aliphatic rings. The lowest BCUT2D eigenvalue weighted by Gasteiger charge is -2.27. The number of rotatable bonds is 2. The predicted octanol–water partition coefficient (Wildman–Crippen LogP) is 1.95. The summed E-state index contributed by atoms with van der Waals surface area (Å²) in [5, 5.41) is 0. The molecule has 71 valence electrons. The molecule has 0 saturated heterocycles. The highest BCUT2D eigenvalue weighted by Gasteiger charge is 2.22. The zero-order valence-electron chi connectivity index (χ0n) is 7.99. The minimum absolute atomic E-state index is 0.167. The molecule has 1 radical (unpaired) electrons. The molecule has 0 aromatic heterocycles. The van der Waals surface area contributed by atoms with Crippen LogP contribution in [0.3, 0.4) is 0 Å². The van der Waals surface area contributed by atoms with Gasteiger partial charge in [-0.1, -0.05) is 24.3 Å². The first-order chi connectivity index (χ1) is 6.83. The van der Waals surface area contributed by atoms with Gasteiger partial charge >= 0.3 is 0 Å². The van der Waals surface area contributed by atoms with Gasteiger partial charge in [0, 0.05) is 19.0 Å². The molecule has 0 fully saturated rings. The number of fused-ring (bicyclic) bond motifs is 1. The molecule has 0 unspecified atom stereocenters. The van der Waals surface area contributed by atoms with Crippen molar-refractivity contribution in [2.24, 2.45) is 0 Å². The molecule has 1 aromatic rings. The third-order valence-corrected chi connectivity index (χ3v) is 2.41. The van der Waals surface area contributed by atoms with E-state index in [1.54, 1.807) is 11.0 Å². The Morgan fingerprint density at radius 2 is 2.43 bits per heavy atom. The van der Waals surface area contributed by atoms with Crippen LogP contribution in [-0.4, -0.2) is 12.5 Å². The number of carbonyl (C=O) groups is 1. The highest BCUT2D eigenvalue weighted by Crippen LogP contribution is 2.26. The van der Waals surface area contributed by atoms with E-state index in [1.165, 1.54) is 5.56 Å². The molecule has 0 atom stereocenters. The second kappa shape index (κ2) is 3.66. The summed E-state index contributed by atoms with van der Waals surface area (Å²) in [4.78, 5) is 13.3. The van der Waals surface area contributed by atoms with Crippen LogP contribution in [0, 0.1) is 6.07 Å². The summed E-state index contributed by atoms with van der Waals surface area (Å²) in [6.45, 7) is 4.23. The van der Waals surface area contributed by atoms with E-state index >= 15 is 0 Å². The standard InChI is InChI=1S/C12H12NO/c1-2-9-13-11-6-4-3-5-10(11)7-8-12(13)14/h2-5H,1,7-9H2. The van der Waals surface area contributed by atoms with Gasteiger partial charge in [0.2, 0.25) is 5.91 Å². The average Bonchev–Trinajstić information content (AvgIpc) is 2.23. The molecule has 2 rings (SSSR count). The molecule has 1 amide bonds. The first-order valence-electron chi connectivity index (χ1n) is 4.74. The van der Waals surface area contributed by atoms with E-state index in [2.05, 4.69) is 12.6 Å². The largest absolute Gasteiger partial charge is 0.308 e. The molecule has 1 heterocycles. The minimum atomic E-state index is 0.167. The van der Waals surface area contributed by atoms with Crippen molar-refractivity contribution in [2.75, 3.05) is 11.4 Å². The quantitative estimate of drug-likeness (QED) is 0.646. The average molecular weight is 186 g/mol. The van der Waals surface area contributed by atoms with E-state index in [0.29, 0.717) is 13.0 Å². The van der Waals surface area contributed by atoms with Crippen LogP contribution in [0.4, 0.5) is 5.69 Å². The van der Waals surface area contributed by atoms with E-state index < -0.39 is 0 Å². The number of aryl methyl sites for hydroxylation is 1. The lowest BCUT2D eigenvalue weighted by Crippen LogP contribution is -2.35. The van der Waals surface area contributed by atoms with Gasteiger partial charge in [0.1, 0.15) is 0 Å². The van der Waals surface area contributed by atoms with Crippen LogP contribution in [0.2, 0.25) is 0 Å². The first-order valence-corrected chi connectivity index (χ1v) is 4.74. The Hall–Kier alpha value is -1.57. The molecule has 0 aliphatic carbocycles. The Balaban J connectivity index is 2.40. The summed E-state index contributed by atoms with van der Waals surface area (Å²) in [6, 6.07) is 8.96. The van der Waals surface area contributed by atoms with Crippen LogP contribution >= 0.6 is 0 Å². The Labute approximate surface area is 83.8 Å². The smallest absolute Gasteiger partial charge is 0.227 e. The van der Waals surface area contributed by atoms with Crippen molar-refractivity contribution < 1.29 is 4.79 Å². The second-order valence-corrected chi connectivity index (χ2v) is 3.34. The monoisotopic (exact) mass is 186 g/mol. The first kappa shape index (κ1) is 9.00. The molecule has 2 heteroatoms. The number of carbonyl (C=O) groups excluding carboxylic acids is 1. The molecule has 0 spiro atoms. The van der Waals surface area contributed by atoms with Crippen molar-refractivity contribution in [2.45, 2.75) is 12.8 Å². The van der Waals surface area contributed by atoms with Gasteiger partial charge < -0.3 is 4.90 Å². The number of amides is 1. The van der Waals surface area contributed by atoms with Crippen LogP contribution in [-0.2, 0) is 11.2 Å². The van der Waals surface area contributed by atoms with E-state index in [-0.39, 0.29) is 5.91 Å². The van der Waals surface area contributed by atoms with Crippen LogP contribution in [0.25, 0.3) is 0 Å². The third-order valence-electron chi connectivity index (χ3n) is 2.41. The van der Waals surface area contributed by atoms with Gasteiger partial charge in [-0.25, -0.2) is 0 Å². The number of anilines is 1. The second-order valence-electron chi connectivity index (χ2n) is 3.34. The van der Waals surface area contributed by atoms with Crippen molar-refractivity contribution in [3.8, 4) is 0 Å². The maximum atomic E-state index is 11.6. The van der Waals surface area contributed by atoms with E-state index in [4.69, 9.17) is 0 Å². The maximum absolute atomic E-state index is 11.6. The lowest BCUT2D eigenvalue weighted by atomic mass is 10.0. The summed E-state index contributed by atoms with van der Waals surface area (Å²) in [5.74, 6) is 0.167.